The first-order valence-electron chi connectivity index (χ1n) is 8.64. The number of hydrogen-bond donors (Lipinski definition) is 2. The molecule has 2 aromatic carbocycles. The van der Waals surface area contributed by atoms with Crippen LogP contribution in [0, 0.1) is 0 Å². The molecule has 0 spiro atoms. The minimum Gasteiger partial charge on any atom is -0.497 e. The second-order valence-electron chi connectivity index (χ2n) is 5.94. The van der Waals surface area contributed by atoms with Crippen LogP contribution < -0.4 is 15.4 Å². The van der Waals surface area contributed by atoms with Crippen molar-refractivity contribution in [3.63, 3.8) is 0 Å². The molecule has 0 unspecified atom stereocenters. The standard InChI is InChI=1S/C19H15F3N4O3S2/c1-29-12-6-4-5-11(9-12)16(28)24-17-25-26-18(31-17)30-10-15(27)23-14-8-3-2-7-13(14)19(20,21)22/h2-9H,10H2,1H3,(H,23,27)(H,24,25,28). The first-order valence-corrected chi connectivity index (χ1v) is 10.4. The summed E-state index contributed by atoms with van der Waals surface area (Å²) < 4.78 is 44.5. The van der Waals surface area contributed by atoms with Gasteiger partial charge in [-0.05, 0) is 30.3 Å². The van der Waals surface area contributed by atoms with E-state index >= 15 is 0 Å². The van der Waals surface area contributed by atoms with Crippen molar-refractivity contribution in [2.24, 2.45) is 0 Å². The maximum Gasteiger partial charge on any atom is 0.418 e. The Kier molecular flexibility index (Phi) is 7.13. The lowest BCUT2D eigenvalue weighted by Gasteiger charge is -2.13. The smallest absolute Gasteiger partial charge is 0.418 e. The van der Waals surface area contributed by atoms with Gasteiger partial charge in [0.05, 0.1) is 24.1 Å². The van der Waals surface area contributed by atoms with E-state index in [0.29, 0.717) is 15.7 Å². The number of thioether (sulfide) groups is 1. The minimum atomic E-state index is -4.58. The molecule has 7 nitrogen and oxygen atoms in total. The summed E-state index contributed by atoms with van der Waals surface area (Å²) in [6.45, 7) is 0. The van der Waals surface area contributed by atoms with E-state index in [1.54, 1.807) is 24.3 Å². The van der Waals surface area contributed by atoms with Crippen molar-refractivity contribution < 1.29 is 27.5 Å². The number of nitrogens with zero attached hydrogens (tertiary/aromatic N) is 2. The minimum absolute atomic E-state index is 0.176. The van der Waals surface area contributed by atoms with Crippen LogP contribution in [0.5, 0.6) is 5.75 Å². The number of rotatable bonds is 7. The predicted octanol–water partition coefficient (Wildman–Crippen LogP) is 4.55. The number of carbonyl (C=O) groups excluding carboxylic acids is 2. The molecule has 12 heteroatoms. The number of amides is 2. The number of benzene rings is 2. The van der Waals surface area contributed by atoms with Crippen LogP contribution in [0.15, 0.2) is 52.9 Å². The number of para-hydroxylation sites is 1. The van der Waals surface area contributed by atoms with Crippen LogP contribution in [0.1, 0.15) is 15.9 Å². The number of carbonyl (C=O) groups is 2. The van der Waals surface area contributed by atoms with Gasteiger partial charge in [-0.3, -0.25) is 14.9 Å². The van der Waals surface area contributed by atoms with Gasteiger partial charge in [-0.2, -0.15) is 13.2 Å². The van der Waals surface area contributed by atoms with Gasteiger partial charge in [-0.25, -0.2) is 0 Å². The second-order valence-corrected chi connectivity index (χ2v) is 8.14. The largest absolute Gasteiger partial charge is 0.497 e. The third-order valence-electron chi connectivity index (χ3n) is 3.79. The van der Waals surface area contributed by atoms with Gasteiger partial charge in [0.15, 0.2) is 4.34 Å². The first-order chi connectivity index (χ1) is 14.8. The van der Waals surface area contributed by atoms with E-state index in [2.05, 4.69) is 20.8 Å². The highest BCUT2D eigenvalue weighted by Gasteiger charge is 2.33. The third-order valence-corrected chi connectivity index (χ3v) is 5.76. The molecule has 0 radical (unpaired) electrons. The molecule has 0 saturated heterocycles. The number of alkyl halides is 3. The zero-order valence-electron chi connectivity index (χ0n) is 15.9. The fourth-order valence-corrected chi connectivity index (χ4v) is 3.95. The van der Waals surface area contributed by atoms with Crippen molar-refractivity contribution in [2.45, 2.75) is 10.5 Å². The number of anilines is 2. The normalized spacial score (nSPS) is 11.1. The Balaban J connectivity index is 1.56. The van der Waals surface area contributed by atoms with E-state index in [-0.39, 0.29) is 16.6 Å². The van der Waals surface area contributed by atoms with Crippen LogP contribution in [0.2, 0.25) is 0 Å². The Hall–Kier alpha value is -3.12. The highest BCUT2D eigenvalue weighted by Crippen LogP contribution is 2.34. The third kappa shape index (κ3) is 6.18. The molecule has 2 N–H and O–H groups in total. The van der Waals surface area contributed by atoms with Crippen molar-refractivity contribution >= 4 is 45.7 Å². The van der Waals surface area contributed by atoms with Crippen LogP contribution in [-0.4, -0.2) is 34.9 Å². The fourth-order valence-electron chi connectivity index (χ4n) is 2.41. The molecule has 0 bridgehead atoms. The van der Waals surface area contributed by atoms with E-state index in [1.165, 1.54) is 25.3 Å². The van der Waals surface area contributed by atoms with E-state index < -0.39 is 23.6 Å². The van der Waals surface area contributed by atoms with E-state index in [1.807, 2.05) is 0 Å². The van der Waals surface area contributed by atoms with Gasteiger partial charge in [-0.15, -0.1) is 10.2 Å². The average Bonchev–Trinajstić information content (AvgIpc) is 3.19. The maximum absolute atomic E-state index is 13.0. The predicted molar refractivity (Wildman–Crippen MR) is 112 cm³/mol. The molecule has 0 aliphatic heterocycles. The molecule has 0 saturated carbocycles. The lowest BCUT2D eigenvalue weighted by Crippen LogP contribution is -2.18. The van der Waals surface area contributed by atoms with E-state index in [0.717, 1.165) is 29.2 Å². The van der Waals surface area contributed by atoms with Crippen LogP contribution in [0.3, 0.4) is 0 Å². The Morgan fingerprint density at radius 3 is 2.61 bits per heavy atom. The van der Waals surface area contributed by atoms with Crippen LogP contribution in [-0.2, 0) is 11.0 Å². The number of nitrogens with one attached hydrogen (secondary N) is 2. The van der Waals surface area contributed by atoms with Gasteiger partial charge in [0, 0.05) is 5.56 Å². The molecular weight excluding hydrogens is 453 g/mol. The van der Waals surface area contributed by atoms with Gasteiger partial charge in [0.2, 0.25) is 11.0 Å². The topological polar surface area (TPSA) is 93.2 Å². The highest BCUT2D eigenvalue weighted by molar-refractivity contribution is 8.01. The quantitative estimate of drug-likeness (QED) is 0.390. The average molecular weight is 468 g/mol. The van der Waals surface area contributed by atoms with E-state index in [4.69, 9.17) is 4.74 Å². The second kappa shape index (κ2) is 9.79. The van der Waals surface area contributed by atoms with Crippen LogP contribution >= 0.6 is 23.1 Å². The SMILES string of the molecule is COc1cccc(C(=O)Nc2nnc(SCC(=O)Nc3ccccc3C(F)(F)F)s2)c1. The molecule has 1 heterocycles. The number of ether oxygens (including phenoxy) is 1. The van der Waals surface area contributed by atoms with Crippen molar-refractivity contribution in [3.05, 3.63) is 59.7 Å². The summed E-state index contributed by atoms with van der Waals surface area (Å²) in [6, 6.07) is 11.3. The molecule has 0 fully saturated rings. The monoisotopic (exact) mass is 468 g/mol. The molecule has 2 amide bonds. The maximum atomic E-state index is 13.0. The van der Waals surface area contributed by atoms with E-state index in [9.17, 15) is 22.8 Å². The van der Waals surface area contributed by atoms with Gasteiger partial charge < -0.3 is 10.1 Å². The molecule has 3 rings (SSSR count). The molecule has 0 aliphatic carbocycles. The van der Waals surface area contributed by atoms with Gasteiger partial charge in [0.1, 0.15) is 5.75 Å². The van der Waals surface area contributed by atoms with Gasteiger partial charge in [0.25, 0.3) is 5.91 Å². The van der Waals surface area contributed by atoms with Gasteiger partial charge >= 0.3 is 6.18 Å². The number of aromatic nitrogens is 2. The van der Waals surface area contributed by atoms with Crippen LogP contribution in [0.25, 0.3) is 0 Å². The molecule has 0 aliphatic rings. The number of hydrogen-bond acceptors (Lipinski definition) is 7. The zero-order chi connectivity index (χ0) is 22.4. The summed E-state index contributed by atoms with van der Waals surface area (Å²) in [5.41, 5.74) is -0.873. The van der Waals surface area contributed by atoms with Crippen LogP contribution in [0.4, 0.5) is 24.0 Å². The fraction of sp³-hybridized carbons (Fsp3) is 0.158. The van der Waals surface area contributed by atoms with Crippen molar-refractivity contribution in [2.75, 3.05) is 23.5 Å². The number of methoxy groups -OCH3 is 1. The molecule has 1 aromatic heterocycles. The summed E-state index contributed by atoms with van der Waals surface area (Å²) >= 11 is 2.03. The molecule has 31 heavy (non-hydrogen) atoms. The summed E-state index contributed by atoms with van der Waals surface area (Å²) in [5, 5.41) is 12.8. The number of halogens is 3. The Morgan fingerprint density at radius 2 is 1.87 bits per heavy atom. The first kappa shape index (κ1) is 22.6. The summed E-state index contributed by atoms with van der Waals surface area (Å²) in [6.07, 6.45) is -4.58. The summed E-state index contributed by atoms with van der Waals surface area (Å²) in [4.78, 5) is 24.4. The molecule has 162 valence electrons. The Labute approximate surface area is 183 Å². The lowest BCUT2D eigenvalue weighted by molar-refractivity contribution is -0.137. The molecular formula is C19H15F3N4O3S2. The highest BCUT2D eigenvalue weighted by atomic mass is 32.2. The summed E-state index contributed by atoms with van der Waals surface area (Å²) in [5.74, 6) is -0.684. The van der Waals surface area contributed by atoms with Crippen molar-refractivity contribution in [3.8, 4) is 5.75 Å². The van der Waals surface area contributed by atoms with Gasteiger partial charge in [-0.1, -0.05) is 41.3 Å². The zero-order valence-corrected chi connectivity index (χ0v) is 17.5. The summed E-state index contributed by atoms with van der Waals surface area (Å²) in [7, 11) is 1.49. The Bertz CT molecular complexity index is 1090. The van der Waals surface area contributed by atoms with Crippen molar-refractivity contribution in [1.29, 1.82) is 0 Å². The Morgan fingerprint density at radius 1 is 1.10 bits per heavy atom. The molecule has 3 aromatic rings. The van der Waals surface area contributed by atoms with Crippen molar-refractivity contribution in [1.82, 2.24) is 10.2 Å². The molecule has 0 atom stereocenters. The lowest BCUT2D eigenvalue weighted by atomic mass is 10.1.